The molecule has 2 heterocycles. The van der Waals surface area contributed by atoms with Crippen molar-refractivity contribution in [3.63, 3.8) is 0 Å². The molecule has 154 valence electrons. The summed E-state index contributed by atoms with van der Waals surface area (Å²) in [4.78, 5) is 33.9. The molecule has 0 radical (unpaired) electrons. The predicted molar refractivity (Wildman–Crippen MR) is 120 cm³/mol. The number of hydrogen-bond donors (Lipinski definition) is 2. The van der Waals surface area contributed by atoms with Crippen LogP contribution < -0.4 is 15.6 Å². The van der Waals surface area contributed by atoms with Crippen LogP contribution >= 0.6 is 23.1 Å². The molecule has 0 aliphatic heterocycles. The number of aromatic nitrogens is 2. The third-order valence-electron chi connectivity index (χ3n) is 4.59. The molecular formula is C21H25N3O3S2. The third-order valence-corrected chi connectivity index (χ3v) is 6.84. The van der Waals surface area contributed by atoms with Gasteiger partial charge in [-0.2, -0.15) is 0 Å². The van der Waals surface area contributed by atoms with Crippen LogP contribution in [0, 0.1) is 20.8 Å². The van der Waals surface area contributed by atoms with Gasteiger partial charge in [-0.15, -0.1) is 23.1 Å². The fourth-order valence-electron chi connectivity index (χ4n) is 2.84. The first-order valence-electron chi connectivity index (χ1n) is 9.43. The van der Waals surface area contributed by atoms with E-state index in [-0.39, 0.29) is 16.7 Å². The molecule has 0 fully saturated rings. The Labute approximate surface area is 178 Å². The molecule has 0 aliphatic rings. The Morgan fingerprint density at radius 2 is 2.14 bits per heavy atom. The number of fused-ring (bicyclic) bond motifs is 1. The van der Waals surface area contributed by atoms with Crippen LogP contribution in [0.4, 0.5) is 0 Å². The van der Waals surface area contributed by atoms with Gasteiger partial charge in [-0.05, 0) is 51.0 Å². The first kappa shape index (κ1) is 21.4. The minimum absolute atomic E-state index is 0.0610. The molecule has 1 atom stereocenters. The predicted octanol–water partition coefficient (Wildman–Crippen LogP) is 3.73. The van der Waals surface area contributed by atoms with Crippen molar-refractivity contribution in [3.8, 4) is 5.75 Å². The summed E-state index contributed by atoms with van der Waals surface area (Å²) in [6.07, 6.45) is 0. The number of H-pyrrole nitrogens is 1. The number of nitrogens with one attached hydrogen (secondary N) is 2. The van der Waals surface area contributed by atoms with Gasteiger partial charge in [-0.1, -0.05) is 12.1 Å². The number of rotatable bonds is 8. The second kappa shape index (κ2) is 9.45. The summed E-state index contributed by atoms with van der Waals surface area (Å²) < 4.78 is 5.64. The first-order chi connectivity index (χ1) is 13.8. The van der Waals surface area contributed by atoms with Gasteiger partial charge in [0.1, 0.15) is 23.0 Å². The molecule has 1 amide bonds. The second-order valence-electron chi connectivity index (χ2n) is 6.89. The Hall–Kier alpha value is -2.32. The molecule has 2 N–H and O–H groups in total. The number of thioether (sulfide) groups is 1. The molecular weight excluding hydrogens is 406 g/mol. The van der Waals surface area contributed by atoms with E-state index in [0.29, 0.717) is 30.1 Å². The average molecular weight is 432 g/mol. The molecule has 0 aliphatic carbocycles. The molecule has 8 heteroatoms. The molecule has 6 nitrogen and oxygen atoms in total. The number of aromatic amines is 1. The van der Waals surface area contributed by atoms with Crippen LogP contribution in [0.5, 0.6) is 5.75 Å². The zero-order chi connectivity index (χ0) is 21.0. The Kier molecular flexibility index (Phi) is 6.97. The minimum Gasteiger partial charge on any atom is -0.492 e. The number of ether oxygens (including phenoxy) is 1. The van der Waals surface area contributed by atoms with Crippen LogP contribution in [0.15, 0.2) is 29.1 Å². The van der Waals surface area contributed by atoms with E-state index in [1.165, 1.54) is 23.1 Å². The van der Waals surface area contributed by atoms with Gasteiger partial charge in [0.25, 0.3) is 5.56 Å². The summed E-state index contributed by atoms with van der Waals surface area (Å²) in [6, 6.07) is 7.81. The van der Waals surface area contributed by atoms with Gasteiger partial charge in [0, 0.05) is 4.88 Å². The summed E-state index contributed by atoms with van der Waals surface area (Å²) in [7, 11) is 0. The van der Waals surface area contributed by atoms with E-state index < -0.39 is 0 Å². The SMILES string of the molecule is Cc1cccc(OCCNC(=O)C(C)SCc2nc3sc(C)c(C)c3c(=O)[nH]2)c1. The summed E-state index contributed by atoms with van der Waals surface area (Å²) in [6.45, 7) is 8.63. The molecule has 3 aromatic rings. The van der Waals surface area contributed by atoms with Crippen molar-refractivity contribution in [3.05, 3.63) is 56.4 Å². The second-order valence-corrected chi connectivity index (χ2v) is 9.42. The van der Waals surface area contributed by atoms with E-state index in [9.17, 15) is 9.59 Å². The molecule has 0 spiro atoms. The topological polar surface area (TPSA) is 84.1 Å². The van der Waals surface area contributed by atoms with E-state index in [0.717, 1.165) is 26.6 Å². The van der Waals surface area contributed by atoms with Crippen molar-refractivity contribution in [2.24, 2.45) is 0 Å². The lowest BCUT2D eigenvalue weighted by molar-refractivity contribution is -0.120. The molecule has 0 bridgehead atoms. The molecule has 29 heavy (non-hydrogen) atoms. The number of amides is 1. The highest BCUT2D eigenvalue weighted by molar-refractivity contribution is 7.99. The number of carbonyl (C=O) groups is 1. The molecule has 3 rings (SSSR count). The number of nitrogens with zero attached hydrogens (tertiary/aromatic N) is 1. The Morgan fingerprint density at radius 1 is 1.34 bits per heavy atom. The van der Waals surface area contributed by atoms with Crippen molar-refractivity contribution in [2.75, 3.05) is 13.2 Å². The largest absolute Gasteiger partial charge is 0.492 e. The van der Waals surface area contributed by atoms with Crippen molar-refractivity contribution in [2.45, 2.75) is 38.7 Å². The highest BCUT2D eigenvalue weighted by atomic mass is 32.2. The quantitative estimate of drug-likeness (QED) is 0.531. The standard InChI is InChI=1S/C21H25N3O3S2/c1-12-6-5-7-16(10-12)27-9-8-22-19(25)15(4)28-11-17-23-20(26)18-13(2)14(3)29-21(18)24-17/h5-7,10,15H,8-9,11H2,1-4H3,(H,22,25)(H,23,24,26). The van der Waals surface area contributed by atoms with Crippen LogP contribution in [0.25, 0.3) is 10.2 Å². The van der Waals surface area contributed by atoms with Crippen molar-refractivity contribution >= 4 is 39.2 Å². The number of carbonyl (C=O) groups excluding carboxylic acids is 1. The van der Waals surface area contributed by atoms with Gasteiger partial charge in [0.05, 0.1) is 22.9 Å². The number of aryl methyl sites for hydroxylation is 3. The number of benzene rings is 1. The first-order valence-corrected chi connectivity index (χ1v) is 11.3. The van der Waals surface area contributed by atoms with Crippen LogP contribution in [0.1, 0.15) is 28.8 Å². The smallest absolute Gasteiger partial charge is 0.259 e. The van der Waals surface area contributed by atoms with Crippen molar-refractivity contribution in [1.29, 1.82) is 0 Å². The maximum atomic E-state index is 12.3. The Balaban J connectivity index is 1.47. The monoisotopic (exact) mass is 431 g/mol. The zero-order valence-electron chi connectivity index (χ0n) is 17.0. The lowest BCUT2D eigenvalue weighted by Crippen LogP contribution is -2.34. The summed E-state index contributed by atoms with van der Waals surface area (Å²) in [5.74, 6) is 1.80. The van der Waals surface area contributed by atoms with Gasteiger partial charge >= 0.3 is 0 Å². The zero-order valence-corrected chi connectivity index (χ0v) is 18.6. The van der Waals surface area contributed by atoms with Crippen molar-refractivity contribution in [1.82, 2.24) is 15.3 Å². The Morgan fingerprint density at radius 3 is 2.90 bits per heavy atom. The van der Waals surface area contributed by atoms with Crippen molar-refractivity contribution < 1.29 is 9.53 Å². The van der Waals surface area contributed by atoms with E-state index >= 15 is 0 Å². The number of hydrogen-bond acceptors (Lipinski definition) is 6. The van der Waals surface area contributed by atoms with Gasteiger partial charge in [-0.25, -0.2) is 4.98 Å². The lowest BCUT2D eigenvalue weighted by atomic mass is 10.2. The maximum absolute atomic E-state index is 12.3. The fourth-order valence-corrected chi connectivity index (χ4v) is 4.67. The normalized spacial score (nSPS) is 12.1. The minimum atomic E-state index is -0.262. The summed E-state index contributed by atoms with van der Waals surface area (Å²) in [5.41, 5.74) is 2.01. The van der Waals surface area contributed by atoms with E-state index in [4.69, 9.17) is 4.74 Å². The average Bonchev–Trinajstić information content (AvgIpc) is 2.97. The maximum Gasteiger partial charge on any atom is 0.259 e. The summed E-state index contributed by atoms with van der Waals surface area (Å²) in [5, 5.41) is 3.29. The van der Waals surface area contributed by atoms with Gasteiger partial charge in [0.15, 0.2) is 0 Å². The highest BCUT2D eigenvalue weighted by Gasteiger charge is 2.16. The van der Waals surface area contributed by atoms with Gasteiger partial charge in [-0.3, -0.25) is 9.59 Å². The van der Waals surface area contributed by atoms with E-state index in [2.05, 4.69) is 15.3 Å². The molecule has 0 saturated heterocycles. The number of thiophene rings is 1. The molecule has 0 saturated carbocycles. The molecule has 2 aromatic heterocycles. The molecule has 1 unspecified atom stereocenters. The van der Waals surface area contributed by atoms with Crippen LogP contribution in [-0.2, 0) is 10.5 Å². The van der Waals surface area contributed by atoms with E-state index in [1.807, 2.05) is 52.0 Å². The lowest BCUT2D eigenvalue weighted by Gasteiger charge is -2.12. The molecule has 1 aromatic carbocycles. The van der Waals surface area contributed by atoms with Gasteiger partial charge < -0.3 is 15.0 Å². The van der Waals surface area contributed by atoms with Crippen LogP contribution in [-0.4, -0.2) is 34.3 Å². The Bertz CT molecular complexity index is 1070. The van der Waals surface area contributed by atoms with E-state index in [1.54, 1.807) is 0 Å². The third kappa shape index (κ3) is 5.39. The van der Waals surface area contributed by atoms with Crippen LogP contribution in [0.3, 0.4) is 0 Å². The van der Waals surface area contributed by atoms with Gasteiger partial charge in [0.2, 0.25) is 5.91 Å². The van der Waals surface area contributed by atoms with Crippen LogP contribution in [0.2, 0.25) is 0 Å². The highest BCUT2D eigenvalue weighted by Crippen LogP contribution is 2.26. The fraction of sp³-hybridized carbons (Fsp3) is 0.381. The summed E-state index contributed by atoms with van der Waals surface area (Å²) >= 11 is 2.97.